The van der Waals surface area contributed by atoms with Crippen molar-refractivity contribution in [1.29, 1.82) is 0 Å². The average molecular weight is 443 g/mol. The largest absolute Gasteiger partial charge is 0.454 e. The molecule has 2 aliphatic heterocycles. The zero-order valence-corrected chi connectivity index (χ0v) is 18.3. The molecule has 0 aromatic heterocycles. The van der Waals surface area contributed by atoms with Crippen molar-refractivity contribution in [3.63, 3.8) is 0 Å². The van der Waals surface area contributed by atoms with Crippen LogP contribution in [-0.4, -0.2) is 50.0 Å². The lowest BCUT2D eigenvalue weighted by molar-refractivity contribution is 0.0955. The second-order valence-electron chi connectivity index (χ2n) is 8.11. The van der Waals surface area contributed by atoms with E-state index in [2.05, 4.69) is 50.7 Å². The fourth-order valence-electron chi connectivity index (χ4n) is 4.05. The Hall–Kier alpha value is -3.84. The molecular weight excluding hydrogens is 416 g/mol. The zero-order chi connectivity index (χ0) is 22.5. The molecule has 3 aromatic rings. The van der Waals surface area contributed by atoms with Crippen LogP contribution in [0.4, 0.5) is 5.69 Å². The van der Waals surface area contributed by atoms with Crippen LogP contribution in [0.1, 0.15) is 21.5 Å². The number of hydrogen-bond acceptors (Lipinski definition) is 6. The molecule has 7 nitrogen and oxygen atoms in total. The van der Waals surface area contributed by atoms with Crippen LogP contribution in [0.25, 0.3) is 0 Å². The standard InChI is InChI=1S/C26H26N4O3/c31-26(28-27-17-21-8-11-24-25(16-21)33-19-32-24)22-9-6-20(7-10-22)18-29-12-14-30(15-13-29)23-4-2-1-3-5-23/h1-11,16-17H,12-15,18-19H2,(H,28,31)/b27-17+. The van der Waals surface area contributed by atoms with Gasteiger partial charge < -0.3 is 14.4 Å². The van der Waals surface area contributed by atoms with Crippen LogP contribution in [0.5, 0.6) is 11.5 Å². The molecule has 0 unspecified atom stereocenters. The summed E-state index contributed by atoms with van der Waals surface area (Å²) in [6, 6.07) is 23.8. The number of carbonyl (C=O) groups is 1. The molecule has 1 N–H and O–H groups in total. The molecule has 7 heteroatoms. The molecule has 0 spiro atoms. The van der Waals surface area contributed by atoms with E-state index in [0.29, 0.717) is 17.1 Å². The number of carbonyl (C=O) groups excluding carboxylic acids is 1. The third-order valence-electron chi connectivity index (χ3n) is 5.89. The third-order valence-corrected chi connectivity index (χ3v) is 5.89. The van der Waals surface area contributed by atoms with Gasteiger partial charge in [-0.15, -0.1) is 0 Å². The second kappa shape index (κ2) is 9.75. The normalized spacial score (nSPS) is 15.7. The minimum atomic E-state index is -0.241. The molecule has 1 amide bonds. The first kappa shape index (κ1) is 21.0. The molecule has 5 rings (SSSR count). The average Bonchev–Trinajstić information content (AvgIpc) is 3.33. The first-order valence-corrected chi connectivity index (χ1v) is 11.1. The molecule has 3 aromatic carbocycles. The number of amides is 1. The number of rotatable bonds is 6. The number of anilines is 1. The number of hydrazone groups is 1. The lowest BCUT2D eigenvalue weighted by Crippen LogP contribution is -2.45. The topological polar surface area (TPSA) is 66.4 Å². The van der Waals surface area contributed by atoms with Crippen LogP contribution in [-0.2, 0) is 6.54 Å². The van der Waals surface area contributed by atoms with E-state index >= 15 is 0 Å². The summed E-state index contributed by atoms with van der Waals surface area (Å²) in [5, 5.41) is 4.06. The number of nitrogens with one attached hydrogen (secondary N) is 1. The smallest absolute Gasteiger partial charge is 0.271 e. The Balaban J connectivity index is 1.10. The van der Waals surface area contributed by atoms with E-state index in [4.69, 9.17) is 9.47 Å². The Morgan fingerprint density at radius 1 is 0.909 bits per heavy atom. The number of ether oxygens (including phenoxy) is 2. The van der Waals surface area contributed by atoms with Gasteiger partial charge >= 0.3 is 0 Å². The van der Waals surface area contributed by atoms with Crippen LogP contribution in [0.3, 0.4) is 0 Å². The van der Waals surface area contributed by atoms with Crippen LogP contribution in [0.2, 0.25) is 0 Å². The monoisotopic (exact) mass is 442 g/mol. The van der Waals surface area contributed by atoms with E-state index in [1.165, 1.54) is 11.3 Å². The molecule has 2 aliphatic rings. The first-order chi connectivity index (χ1) is 16.2. The van der Waals surface area contributed by atoms with E-state index in [9.17, 15) is 4.79 Å². The summed E-state index contributed by atoms with van der Waals surface area (Å²) in [7, 11) is 0. The van der Waals surface area contributed by atoms with Gasteiger partial charge in [-0.25, -0.2) is 5.43 Å². The van der Waals surface area contributed by atoms with Gasteiger partial charge in [-0.3, -0.25) is 9.69 Å². The van der Waals surface area contributed by atoms with E-state index in [1.807, 2.05) is 42.5 Å². The summed E-state index contributed by atoms with van der Waals surface area (Å²) in [5.74, 6) is 1.16. The van der Waals surface area contributed by atoms with E-state index < -0.39 is 0 Å². The van der Waals surface area contributed by atoms with Crippen molar-refractivity contribution in [2.45, 2.75) is 6.54 Å². The molecule has 0 bridgehead atoms. The molecule has 0 radical (unpaired) electrons. The predicted octanol–water partition coefficient (Wildman–Crippen LogP) is 3.50. The number of nitrogens with zero attached hydrogens (tertiary/aromatic N) is 3. The van der Waals surface area contributed by atoms with Crippen LogP contribution in [0.15, 0.2) is 77.9 Å². The number of fused-ring (bicyclic) bond motifs is 1. The van der Waals surface area contributed by atoms with Gasteiger partial charge in [-0.1, -0.05) is 30.3 Å². The van der Waals surface area contributed by atoms with Crippen molar-refractivity contribution < 1.29 is 14.3 Å². The van der Waals surface area contributed by atoms with Crippen molar-refractivity contribution in [2.75, 3.05) is 37.9 Å². The maximum absolute atomic E-state index is 12.4. The van der Waals surface area contributed by atoms with Crippen LogP contribution in [0, 0.1) is 0 Å². The van der Waals surface area contributed by atoms with Crippen molar-refractivity contribution in [3.05, 3.63) is 89.5 Å². The SMILES string of the molecule is O=C(N/N=C/c1ccc2c(c1)OCO2)c1ccc(CN2CCN(c3ccccc3)CC2)cc1. The van der Waals surface area contributed by atoms with Crippen LogP contribution < -0.4 is 19.8 Å². The Bertz CT molecular complexity index is 1120. The van der Waals surface area contributed by atoms with Gasteiger partial charge in [0.15, 0.2) is 11.5 Å². The van der Waals surface area contributed by atoms with Gasteiger partial charge in [0.2, 0.25) is 6.79 Å². The van der Waals surface area contributed by atoms with Crippen LogP contribution >= 0.6 is 0 Å². The first-order valence-electron chi connectivity index (χ1n) is 11.1. The fraction of sp³-hybridized carbons (Fsp3) is 0.231. The van der Waals surface area contributed by atoms with E-state index in [-0.39, 0.29) is 12.7 Å². The number of piperazine rings is 1. The van der Waals surface area contributed by atoms with Crippen molar-refractivity contribution in [3.8, 4) is 11.5 Å². The number of benzene rings is 3. The van der Waals surface area contributed by atoms with Crippen molar-refractivity contribution in [2.24, 2.45) is 5.10 Å². The molecular formula is C26H26N4O3. The zero-order valence-electron chi connectivity index (χ0n) is 18.3. The predicted molar refractivity (Wildman–Crippen MR) is 128 cm³/mol. The van der Waals surface area contributed by atoms with Gasteiger partial charge in [0.1, 0.15) is 0 Å². The molecule has 1 fully saturated rings. The van der Waals surface area contributed by atoms with Crippen molar-refractivity contribution in [1.82, 2.24) is 10.3 Å². The molecule has 168 valence electrons. The molecule has 0 saturated carbocycles. The molecule has 2 heterocycles. The molecule has 33 heavy (non-hydrogen) atoms. The lowest BCUT2D eigenvalue weighted by atomic mass is 10.1. The summed E-state index contributed by atoms with van der Waals surface area (Å²) >= 11 is 0. The fourth-order valence-corrected chi connectivity index (χ4v) is 4.05. The highest BCUT2D eigenvalue weighted by Gasteiger charge is 2.17. The maximum Gasteiger partial charge on any atom is 0.271 e. The summed E-state index contributed by atoms with van der Waals surface area (Å²) in [4.78, 5) is 17.3. The summed E-state index contributed by atoms with van der Waals surface area (Å²) in [5.41, 5.74) is 6.46. The minimum Gasteiger partial charge on any atom is -0.454 e. The highest BCUT2D eigenvalue weighted by Crippen LogP contribution is 2.31. The van der Waals surface area contributed by atoms with E-state index in [0.717, 1.165) is 38.3 Å². The maximum atomic E-state index is 12.4. The van der Waals surface area contributed by atoms with E-state index in [1.54, 1.807) is 6.21 Å². The second-order valence-corrected chi connectivity index (χ2v) is 8.11. The summed E-state index contributed by atoms with van der Waals surface area (Å²) < 4.78 is 10.6. The lowest BCUT2D eigenvalue weighted by Gasteiger charge is -2.36. The minimum absolute atomic E-state index is 0.229. The van der Waals surface area contributed by atoms with Gasteiger partial charge in [-0.05, 0) is 53.6 Å². The van der Waals surface area contributed by atoms with Gasteiger partial charge in [0.25, 0.3) is 5.91 Å². The Kier molecular flexibility index (Phi) is 6.21. The summed E-state index contributed by atoms with van der Waals surface area (Å²) in [6.07, 6.45) is 1.59. The highest BCUT2D eigenvalue weighted by molar-refractivity contribution is 5.95. The molecule has 0 aliphatic carbocycles. The quantitative estimate of drug-likeness (QED) is 0.468. The van der Waals surface area contributed by atoms with Gasteiger partial charge in [-0.2, -0.15) is 5.10 Å². The van der Waals surface area contributed by atoms with Crippen molar-refractivity contribution >= 4 is 17.8 Å². The molecule has 1 saturated heterocycles. The van der Waals surface area contributed by atoms with Gasteiger partial charge in [0, 0.05) is 44.0 Å². The Morgan fingerprint density at radius 2 is 1.67 bits per heavy atom. The highest BCUT2D eigenvalue weighted by atomic mass is 16.7. The molecule has 0 atom stereocenters. The number of hydrogen-bond donors (Lipinski definition) is 1. The third kappa shape index (κ3) is 5.15. The Morgan fingerprint density at radius 3 is 2.45 bits per heavy atom. The Labute approximate surface area is 193 Å². The van der Waals surface area contributed by atoms with Gasteiger partial charge in [0.05, 0.1) is 6.21 Å². The summed E-state index contributed by atoms with van der Waals surface area (Å²) in [6.45, 7) is 5.19. The number of para-hydroxylation sites is 1.